The summed E-state index contributed by atoms with van der Waals surface area (Å²) >= 11 is 0. The first-order chi connectivity index (χ1) is 14.6. The Kier molecular flexibility index (Phi) is 4.43. The fraction of sp³-hybridized carbons (Fsp3) is 0.160. The number of aryl methyl sites for hydroxylation is 2. The fourth-order valence-electron chi connectivity index (χ4n) is 3.90. The average Bonchev–Trinajstić information content (AvgIpc) is 3.15. The Bertz CT molecular complexity index is 1260. The molecule has 0 bridgehead atoms. The first kappa shape index (κ1) is 18.3. The topological polar surface area (TPSA) is 58.1 Å². The van der Waals surface area contributed by atoms with E-state index in [1.54, 1.807) is 6.20 Å². The number of hydrogen-bond donors (Lipinski definition) is 1. The molecule has 0 aliphatic carbocycles. The minimum Gasteiger partial charge on any atom is -0.326 e. The van der Waals surface area contributed by atoms with E-state index in [1.807, 2.05) is 43.3 Å². The number of anilines is 3. The molecule has 2 aromatic carbocycles. The average molecular weight is 394 g/mol. The van der Waals surface area contributed by atoms with Crippen LogP contribution in [0.5, 0.6) is 0 Å². The molecule has 0 saturated carbocycles. The number of pyridine rings is 2. The number of nitrogens with one attached hydrogen (secondary N) is 1. The molecule has 0 unspecified atom stereocenters. The Hall–Kier alpha value is -3.73. The number of fused-ring (bicyclic) bond motifs is 2. The van der Waals surface area contributed by atoms with Gasteiger partial charge in [0.2, 0.25) is 0 Å². The van der Waals surface area contributed by atoms with Crippen LogP contribution in [0.3, 0.4) is 0 Å². The summed E-state index contributed by atoms with van der Waals surface area (Å²) in [6.07, 6.45) is 2.66. The molecular formula is C25H22N4O. The minimum absolute atomic E-state index is 0.166. The highest BCUT2D eigenvalue weighted by molar-refractivity contribution is 6.04. The van der Waals surface area contributed by atoms with Crippen molar-refractivity contribution < 1.29 is 4.79 Å². The van der Waals surface area contributed by atoms with Crippen LogP contribution >= 0.6 is 0 Å². The maximum absolute atomic E-state index is 12.6. The van der Waals surface area contributed by atoms with E-state index in [-0.39, 0.29) is 5.91 Å². The van der Waals surface area contributed by atoms with Gasteiger partial charge in [-0.1, -0.05) is 12.1 Å². The summed E-state index contributed by atoms with van der Waals surface area (Å²) in [7, 11) is 0. The lowest BCUT2D eigenvalue weighted by molar-refractivity contribution is 0.102. The monoisotopic (exact) mass is 394 g/mol. The molecule has 0 fully saturated rings. The predicted molar refractivity (Wildman–Crippen MR) is 121 cm³/mol. The highest BCUT2D eigenvalue weighted by Crippen LogP contribution is 2.35. The van der Waals surface area contributed by atoms with Crippen molar-refractivity contribution in [3.8, 4) is 0 Å². The van der Waals surface area contributed by atoms with Gasteiger partial charge in [0.25, 0.3) is 5.91 Å². The first-order valence-corrected chi connectivity index (χ1v) is 10.1. The van der Waals surface area contributed by atoms with Crippen LogP contribution in [-0.4, -0.2) is 22.4 Å². The molecule has 1 N–H and O–H groups in total. The Balaban J connectivity index is 1.40. The smallest absolute Gasteiger partial charge is 0.256 e. The maximum atomic E-state index is 12.6. The summed E-state index contributed by atoms with van der Waals surface area (Å²) in [6.45, 7) is 4.94. The Labute approximate surface area is 175 Å². The molecule has 5 rings (SSSR count). The van der Waals surface area contributed by atoms with Gasteiger partial charge in [0.1, 0.15) is 11.6 Å². The fourth-order valence-corrected chi connectivity index (χ4v) is 3.90. The third-order valence-electron chi connectivity index (χ3n) is 5.49. The molecule has 1 aliphatic heterocycles. The second kappa shape index (κ2) is 7.26. The van der Waals surface area contributed by atoms with Crippen molar-refractivity contribution in [2.24, 2.45) is 0 Å². The summed E-state index contributed by atoms with van der Waals surface area (Å²) in [6, 6.07) is 20.0. The van der Waals surface area contributed by atoms with Crippen LogP contribution in [0.25, 0.3) is 10.9 Å². The molecule has 1 amide bonds. The van der Waals surface area contributed by atoms with Gasteiger partial charge in [-0.05, 0) is 85.5 Å². The molecule has 0 atom stereocenters. The summed E-state index contributed by atoms with van der Waals surface area (Å²) < 4.78 is 0. The van der Waals surface area contributed by atoms with Crippen molar-refractivity contribution in [1.82, 2.24) is 9.97 Å². The standard InChI is InChI=1S/C25H22N4O/c1-16-3-4-19-15-20-10-12-29(24(20)27-22(19)13-16)21-7-5-18(6-8-21)25(30)28-23-14-17(2)9-11-26-23/h3-9,11,13-15H,10,12H2,1-2H3,(H,26,28,30). The third kappa shape index (κ3) is 3.39. The normalized spacial score (nSPS) is 12.8. The summed E-state index contributed by atoms with van der Waals surface area (Å²) in [4.78, 5) is 23.9. The minimum atomic E-state index is -0.166. The van der Waals surface area contributed by atoms with E-state index < -0.39 is 0 Å². The van der Waals surface area contributed by atoms with Gasteiger partial charge in [0.15, 0.2) is 0 Å². The molecule has 0 radical (unpaired) electrons. The zero-order valence-electron chi connectivity index (χ0n) is 17.0. The predicted octanol–water partition coefficient (Wildman–Crippen LogP) is 5.19. The van der Waals surface area contributed by atoms with E-state index in [1.165, 1.54) is 16.5 Å². The lowest BCUT2D eigenvalue weighted by atomic mass is 10.1. The quantitative estimate of drug-likeness (QED) is 0.519. The molecule has 0 saturated heterocycles. The number of hydrogen-bond acceptors (Lipinski definition) is 4. The summed E-state index contributed by atoms with van der Waals surface area (Å²) in [5.74, 6) is 1.40. The largest absolute Gasteiger partial charge is 0.326 e. The van der Waals surface area contributed by atoms with Crippen molar-refractivity contribution in [3.05, 3.63) is 89.1 Å². The van der Waals surface area contributed by atoms with E-state index in [4.69, 9.17) is 4.98 Å². The molecule has 5 nitrogen and oxygen atoms in total. The first-order valence-electron chi connectivity index (χ1n) is 10.1. The Morgan fingerprint density at radius 2 is 1.77 bits per heavy atom. The van der Waals surface area contributed by atoms with Crippen LogP contribution in [0.4, 0.5) is 17.3 Å². The van der Waals surface area contributed by atoms with Crippen LogP contribution in [0.1, 0.15) is 27.0 Å². The molecule has 1 aliphatic rings. The van der Waals surface area contributed by atoms with Gasteiger partial charge in [0, 0.05) is 29.4 Å². The zero-order chi connectivity index (χ0) is 20.7. The Morgan fingerprint density at radius 3 is 2.57 bits per heavy atom. The van der Waals surface area contributed by atoms with E-state index in [0.29, 0.717) is 11.4 Å². The van der Waals surface area contributed by atoms with Crippen molar-refractivity contribution in [1.29, 1.82) is 0 Å². The van der Waals surface area contributed by atoms with Crippen LogP contribution in [0, 0.1) is 13.8 Å². The number of amides is 1. The molecule has 0 spiro atoms. The van der Waals surface area contributed by atoms with Crippen molar-refractivity contribution >= 4 is 34.1 Å². The van der Waals surface area contributed by atoms with E-state index in [0.717, 1.165) is 35.6 Å². The second-order valence-electron chi connectivity index (χ2n) is 7.79. The third-order valence-corrected chi connectivity index (χ3v) is 5.49. The second-order valence-corrected chi connectivity index (χ2v) is 7.79. The molecule has 30 heavy (non-hydrogen) atoms. The molecule has 4 aromatic rings. The number of nitrogens with zero attached hydrogens (tertiary/aromatic N) is 3. The van der Waals surface area contributed by atoms with Gasteiger partial charge < -0.3 is 10.2 Å². The van der Waals surface area contributed by atoms with Crippen molar-refractivity contribution in [2.75, 3.05) is 16.8 Å². The highest BCUT2D eigenvalue weighted by atomic mass is 16.1. The number of rotatable bonds is 3. The van der Waals surface area contributed by atoms with E-state index in [9.17, 15) is 4.79 Å². The molecule has 148 valence electrons. The highest BCUT2D eigenvalue weighted by Gasteiger charge is 2.23. The molecule has 3 heterocycles. The zero-order valence-corrected chi connectivity index (χ0v) is 17.0. The van der Waals surface area contributed by atoms with Crippen LogP contribution in [0.2, 0.25) is 0 Å². The van der Waals surface area contributed by atoms with Crippen LogP contribution in [-0.2, 0) is 6.42 Å². The molecule has 5 heteroatoms. The van der Waals surface area contributed by atoms with Crippen molar-refractivity contribution in [2.45, 2.75) is 20.3 Å². The van der Waals surface area contributed by atoms with Gasteiger partial charge in [-0.2, -0.15) is 0 Å². The van der Waals surface area contributed by atoms with Crippen molar-refractivity contribution in [3.63, 3.8) is 0 Å². The number of benzene rings is 2. The number of carbonyl (C=O) groups is 1. The van der Waals surface area contributed by atoms with Gasteiger partial charge in [-0.25, -0.2) is 9.97 Å². The number of aromatic nitrogens is 2. The van der Waals surface area contributed by atoms with Crippen LogP contribution in [0.15, 0.2) is 66.9 Å². The van der Waals surface area contributed by atoms with Gasteiger partial charge in [-0.3, -0.25) is 4.79 Å². The lowest BCUT2D eigenvalue weighted by Gasteiger charge is -2.19. The van der Waals surface area contributed by atoms with Gasteiger partial charge >= 0.3 is 0 Å². The van der Waals surface area contributed by atoms with E-state index >= 15 is 0 Å². The van der Waals surface area contributed by atoms with Crippen LogP contribution < -0.4 is 10.2 Å². The molecular weight excluding hydrogens is 372 g/mol. The lowest BCUT2D eigenvalue weighted by Crippen LogP contribution is -2.16. The number of carbonyl (C=O) groups excluding carboxylic acids is 1. The van der Waals surface area contributed by atoms with Gasteiger partial charge in [-0.15, -0.1) is 0 Å². The maximum Gasteiger partial charge on any atom is 0.256 e. The summed E-state index contributed by atoms with van der Waals surface area (Å²) in [5.41, 5.74) is 6.18. The Morgan fingerprint density at radius 1 is 0.967 bits per heavy atom. The summed E-state index contributed by atoms with van der Waals surface area (Å²) in [5, 5.41) is 4.03. The SMILES string of the molecule is Cc1ccnc(NC(=O)c2ccc(N3CCc4cc5ccc(C)cc5nc43)cc2)c1. The van der Waals surface area contributed by atoms with Gasteiger partial charge in [0.05, 0.1) is 5.52 Å². The molecule has 2 aromatic heterocycles. The van der Waals surface area contributed by atoms with E-state index in [2.05, 4.69) is 46.4 Å².